The normalized spacial score (nSPS) is 10.9. The summed E-state index contributed by atoms with van der Waals surface area (Å²) in [4.78, 5) is 72.1. The summed E-state index contributed by atoms with van der Waals surface area (Å²) in [6, 6.07) is 48.6. The van der Waals surface area contributed by atoms with E-state index in [1.54, 1.807) is 49.6 Å². The molecule has 2 radical (unpaired) electrons. The molecule has 8 heterocycles. The molecule has 0 spiro atoms. The molecule has 0 saturated carbocycles. The third-order valence-corrected chi connectivity index (χ3v) is 11.2. The van der Waals surface area contributed by atoms with Crippen LogP contribution in [0.5, 0.6) is 0 Å². The molecule has 334 valence electrons. The van der Waals surface area contributed by atoms with Crippen molar-refractivity contribution in [3.8, 4) is 0 Å². The van der Waals surface area contributed by atoms with Gasteiger partial charge in [-0.3, -0.25) is 39.9 Å². The second kappa shape index (κ2) is 22.8. The molecule has 0 aliphatic heterocycles. The maximum absolute atomic E-state index is 9.32. The molecule has 4 aromatic carbocycles. The van der Waals surface area contributed by atoms with Crippen LogP contribution in [0.3, 0.4) is 0 Å². The number of benzene rings is 4. The van der Waals surface area contributed by atoms with Crippen LogP contribution in [0.25, 0.3) is 87.2 Å². The van der Waals surface area contributed by atoms with E-state index in [0.29, 0.717) is 0 Å². The van der Waals surface area contributed by atoms with Crippen molar-refractivity contribution in [1.29, 1.82) is 0 Å². The molecule has 0 aliphatic rings. The first kappa shape index (κ1) is 49.9. The van der Waals surface area contributed by atoms with Gasteiger partial charge in [0, 0.05) is 92.7 Å². The Bertz CT molecular complexity index is 3040. The molecule has 0 saturated heterocycles. The van der Waals surface area contributed by atoms with E-state index in [0.717, 1.165) is 87.2 Å². The summed E-state index contributed by atoms with van der Waals surface area (Å²) in [5.41, 5.74) is 7.82. The molecule has 19 heteroatoms. The average Bonchev–Trinajstić information content (AvgIpc) is 3.33. The summed E-state index contributed by atoms with van der Waals surface area (Å²) < 4.78 is 21.2. The maximum atomic E-state index is 9.32. The fourth-order valence-electron chi connectivity index (χ4n) is 6.84. The van der Waals surface area contributed by atoms with E-state index >= 15 is 0 Å². The van der Waals surface area contributed by atoms with Crippen LogP contribution < -0.4 is 19.6 Å². The predicted molar refractivity (Wildman–Crippen MR) is 244 cm³/mol. The van der Waals surface area contributed by atoms with E-state index in [2.05, 4.69) is 141 Å². The Kier molecular flexibility index (Phi) is 16.9. The number of hydrogen-bond donors (Lipinski definition) is 0. The largest absolute Gasteiger partial charge is 2.00 e. The van der Waals surface area contributed by atoms with Crippen LogP contribution in [0.2, 0.25) is 0 Å². The summed E-state index contributed by atoms with van der Waals surface area (Å²) >= 11 is 0. The van der Waals surface area contributed by atoms with E-state index in [4.69, 9.17) is 0 Å². The molecule has 0 amide bonds. The first-order valence-electron chi connectivity index (χ1n) is 19.6. The number of aromatic nitrogens is 8. The first-order valence-corrected chi connectivity index (χ1v) is 22.5. The minimum absolute atomic E-state index is 0. The second-order valence-electron chi connectivity index (χ2n) is 13.8. The Morgan fingerprint density at radius 3 is 0.507 bits per heavy atom. The number of phosphoric acid groups is 2. The molecule has 0 unspecified atom stereocenters. The van der Waals surface area contributed by atoms with Gasteiger partial charge in [0.15, 0.2) is 0 Å². The second-order valence-corrected chi connectivity index (χ2v) is 16.3. The molecule has 0 bridgehead atoms. The Balaban J connectivity index is 0.000000138. The zero-order valence-corrected chi connectivity index (χ0v) is 38.3. The van der Waals surface area contributed by atoms with Gasteiger partial charge in [-0.2, -0.15) is 0 Å². The van der Waals surface area contributed by atoms with Gasteiger partial charge >= 0.3 is 33.6 Å². The van der Waals surface area contributed by atoms with Crippen LogP contribution in [0.15, 0.2) is 195 Å². The van der Waals surface area contributed by atoms with Gasteiger partial charge in [0.1, 0.15) is 0 Å². The smallest absolute Gasteiger partial charge is 0.790 e. The Hall–Kier alpha value is -6.57. The summed E-state index contributed by atoms with van der Waals surface area (Å²) in [5, 5.41) is 9.10. The number of rotatable bonds is 2. The van der Waals surface area contributed by atoms with Gasteiger partial charge in [0.2, 0.25) is 0 Å². The van der Waals surface area contributed by atoms with Crippen LogP contribution in [-0.4, -0.2) is 39.9 Å². The number of fused-ring (bicyclic) bond motifs is 12. The van der Waals surface area contributed by atoms with Crippen molar-refractivity contribution in [2.24, 2.45) is 0 Å². The van der Waals surface area contributed by atoms with E-state index < -0.39 is 15.6 Å². The average molecular weight is 1010 g/mol. The summed E-state index contributed by atoms with van der Waals surface area (Å²) in [6.45, 7) is 0. The minimum atomic E-state index is -5.68. The molecule has 0 atom stereocenters. The van der Waals surface area contributed by atoms with Gasteiger partial charge in [-0.25, -0.2) is 0 Å². The van der Waals surface area contributed by atoms with E-state index in [1.165, 1.54) is 0 Å². The van der Waals surface area contributed by atoms with E-state index in [1.807, 2.05) is 48.5 Å². The molecule has 12 aromatic rings. The topological polar surface area (TPSA) is 239 Å². The maximum Gasteiger partial charge on any atom is 2.00 e. The minimum Gasteiger partial charge on any atom is -0.790 e. The van der Waals surface area contributed by atoms with Gasteiger partial charge in [0.25, 0.3) is 0 Å². The van der Waals surface area contributed by atoms with Crippen molar-refractivity contribution < 1.29 is 66.6 Å². The van der Waals surface area contributed by atoms with Crippen LogP contribution in [-0.2, 0) is 47.0 Å². The molecule has 0 aliphatic carbocycles. The van der Waals surface area contributed by atoms with Crippen LogP contribution >= 0.6 is 15.6 Å². The number of pyridine rings is 8. The SMILES string of the molecule is O=P([O-])([O-])OP(=O)([O-])[O-].[Co+2].[Co+2].c1cnc2c(c1)ccc1cccnc12.c1cnc2c(c1)ccc1cccnc12.c1cnc2c(c1)ccc1cccnc12.c1cnc2c(c1)ccc1cccnc12. The molecular formula is C48H32Co2N8O7P2. The van der Waals surface area contributed by atoms with Crippen molar-refractivity contribution >= 4 is 103 Å². The standard InChI is InChI=1S/4C12H8N2.2Co.H4O7P2/c4*1-3-9-5-6-10-4-2-8-14-12(10)11(9)13-7-1;;;1-8(2,3)7-9(4,5)6/h4*1-8H;;;(H2,1,2,3)(H2,4,5,6)/q;;;;2*+2;/p-4. The van der Waals surface area contributed by atoms with Gasteiger partial charge in [-0.1, -0.05) is 97.1 Å². The fourth-order valence-corrected chi connectivity index (χ4v) is 7.82. The Morgan fingerprint density at radius 2 is 0.403 bits per heavy atom. The fraction of sp³-hybridized carbons (Fsp3) is 0. The number of hydrogen-bond acceptors (Lipinski definition) is 15. The molecule has 0 fully saturated rings. The predicted octanol–water partition coefficient (Wildman–Crippen LogP) is 7.79. The van der Waals surface area contributed by atoms with Gasteiger partial charge in [0.05, 0.1) is 59.8 Å². The van der Waals surface area contributed by atoms with E-state index in [9.17, 15) is 28.7 Å². The van der Waals surface area contributed by atoms with Crippen LogP contribution in [0.4, 0.5) is 0 Å². The van der Waals surface area contributed by atoms with Crippen molar-refractivity contribution in [1.82, 2.24) is 39.9 Å². The zero-order valence-electron chi connectivity index (χ0n) is 34.5. The molecule has 15 nitrogen and oxygen atoms in total. The van der Waals surface area contributed by atoms with Crippen molar-refractivity contribution in [3.05, 3.63) is 195 Å². The Morgan fingerprint density at radius 1 is 0.269 bits per heavy atom. The summed E-state index contributed by atoms with van der Waals surface area (Å²) in [6.07, 6.45) is 14.4. The van der Waals surface area contributed by atoms with E-state index in [-0.39, 0.29) is 33.6 Å². The van der Waals surface area contributed by atoms with Gasteiger partial charge in [-0.15, -0.1) is 0 Å². The quantitative estimate of drug-likeness (QED) is 0.119. The Labute approximate surface area is 402 Å². The third kappa shape index (κ3) is 12.9. The molecule has 12 rings (SSSR count). The number of nitrogens with zero attached hydrogens (tertiary/aromatic N) is 8. The van der Waals surface area contributed by atoms with Crippen LogP contribution in [0, 0.1) is 0 Å². The summed E-state index contributed by atoms with van der Waals surface area (Å²) in [5.74, 6) is 0. The van der Waals surface area contributed by atoms with Crippen molar-refractivity contribution in [2.75, 3.05) is 0 Å². The molecule has 67 heavy (non-hydrogen) atoms. The van der Waals surface area contributed by atoms with Gasteiger partial charge < -0.3 is 33.0 Å². The van der Waals surface area contributed by atoms with Gasteiger partial charge in [-0.05, 0) is 48.5 Å². The third-order valence-electron chi connectivity index (χ3n) is 9.58. The molecular weight excluding hydrogens is 980 g/mol. The van der Waals surface area contributed by atoms with Crippen molar-refractivity contribution in [2.45, 2.75) is 0 Å². The zero-order chi connectivity index (χ0) is 45.2. The first-order chi connectivity index (χ1) is 31.5. The van der Waals surface area contributed by atoms with Crippen molar-refractivity contribution in [3.63, 3.8) is 0 Å². The summed E-state index contributed by atoms with van der Waals surface area (Å²) in [7, 11) is -11.4. The molecule has 0 N–H and O–H groups in total. The van der Waals surface area contributed by atoms with Crippen LogP contribution in [0.1, 0.15) is 0 Å². The monoisotopic (exact) mass is 1010 g/mol. The molecule has 8 aromatic heterocycles.